The second-order valence-corrected chi connectivity index (χ2v) is 4.57. The Morgan fingerprint density at radius 2 is 1.64 bits per heavy atom. The highest BCUT2D eigenvalue weighted by atomic mass is 16.4. The summed E-state index contributed by atoms with van der Waals surface area (Å²) < 4.78 is 5.17. The predicted octanol–water partition coefficient (Wildman–Crippen LogP) is 2.26. The van der Waals surface area contributed by atoms with E-state index in [0.717, 1.165) is 0 Å². The molecule has 0 aliphatic carbocycles. The highest BCUT2D eigenvalue weighted by Gasteiger charge is 2.23. The molecule has 0 amide bonds. The number of aromatic hydroxyl groups is 1. The van der Waals surface area contributed by atoms with E-state index in [-0.39, 0.29) is 16.7 Å². The van der Waals surface area contributed by atoms with E-state index < -0.39 is 5.63 Å². The van der Waals surface area contributed by atoms with Crippen LogP contribution < -0.4 is 5.63 Å². The van der Waals surface area contributed by atoms with Gasteiger partial charge in [-0.2, -0.15) is 0 Å². The average Bonchev–Trinajstić information content (AvgIpc) is 2.06. The molecule has 1 heterocycles. The first-order valence-corrected chi connectivity index (χ1v) is 4.59. The maximum absolute atomic E-state index is 11.3. The fourth-order valence-electron chi connectivity index (χ4n) is 1.45. The quantitative estimate of drug-likeness (QED) is 0.692. The molecule has 0 saturated heterocycles. The summed E-state index contributed by atoms with van der Waals surface area (Å²) in [7, 11) is 0. The molecule has 0 spiro atoms. The second kappa shape index (κ2) is 3.15. The third-order valence-corrected chi connectivity index (χ3v) is 2.23. The van der Waals surface area contributed by atoms with Crippen molar-refractivity contribution in [2.75, 3.05) is 0 Å². The van der Waals surface area contributed by atoms with Crippen LogP contribution in [0.3, 0.4) is 0 Å². The van der Waals surface area contributed by atoms with Crippen LogP contribution in [0.1, 0.15) is 37.7 Å². The molecule has 1 aromatic rings. The Morgan fingerprint density at radius 3 is 2.07 bits per heavy atom. The Balaban J connectivity index is 3.57. The molecule has 1 aromatic heterocycles. The van der Waals surface area contributed by atoms with E-state index in [1.807, 2.05) is 20.8 Å². The van der Waals surface area contributed by atoms with E-state index in [2.05, 4.69) is 0 Å². The molecule has 0 unspecified atom stereocenters. The minimum atomic E-state index is -0.460. The van der Waals surface area contributed by atoms with Gasteiger partial charge in [-0.3, -0.25) is 0 Å². The summed E-state index contributed by atoms with van der Waals surface area (Å²) in [4.78, 5) is 11.3. The molecule has 0 atom stereocenters. The molecule has 0 bridgehead atoms. The molecule has 3 nitrogen and oxygen atoms in total. The van der Waals surface area contributed by atoms with Crippen LogP contribution in [-0.4, -0.2) is 5.11 Å². The predicted molar refractivity (Wildman–Crippen MR) is 54.8 cm³/mol. The van der Waals surface area contributed by atoms with Gasteiger partial charge in [-0.05, 0) is 13.8 Å². The summed E-state index contributed by atoms with van der Waals surface area (Å²) in [6.07, 6.45) is 0. The van der Waals surface area contributed by atoms with Gasteiger partial charge in [0.15, 0.2) is 0 Å². The third kappa shape index (κ3) is 1.67. The first-order valence-electron chi connectivity index (χ1n) is 4.59. The SMILES string of the molecule is Cc1c(C(C)(C)C)oc(=O)c(C)c1O. The van der Waals surface area contributed by atoms with Crippen molar-refractivity contribution >= 4 is 0 Å². The zero-order valence-corrected chi connectivity index (χ0v) is 9.26. The van der Waals surface area contributed by atoms with Gasteiger partial charge in [0, 0.05) is 11.0 Å². The van der Waals surface area contributed by atoms with Crippen molar-refractivity contribution < 1.29 is 9.52 Å². The summed E-state index contributed by atoms with van der Waals surface area (Å²) >= 11 is 0. The van der Waals surface area contributed by atoms with Gasteiger partial charge < -0.3 is 9.52 Å². The topological polar surface area (TPSA) is 50.4 Å². The normalized spacial score (nSPS) is 11.8. The van der Waals surface area contributed by atoms with Gasteiger partial charge in [0.2, 0.25) is 0 Å². The molecule has 1 rings (SSSR count). The van der Waals surface area contributed by atoms with Crippen molar-refractivity contribution in [1.82, 2.24) is 0 Å². The van der Waals surface area contributed by atoms with Gasteiger partial charge in [-0.1, -0.05) is 20.8 Å². The maximum atomic E-state index is 11.3. The maximum Gasteiger partial charge on any atom is 0.342 e. The van der Waals surface area contributed by atoms with Crippen molar-refractivity contribution in [2.45, 2.75) is 40.0 Å². The number of rotatable bonds is 0. The van der Waals surface area contributed by atoms with Gasteiger partial charge in [-0.15, -0.1) is 0 Å². The Morgan fingerprint density at radius 1 is 1.14 bits per heavy atom. The lowest BCUT2D eigenvalue weighted by atomic mass is 9.89. The summed E-state index contributed by atoms with van der Waals surface area (Å²) in [6, 6.07) is 0. The average molecular weight is 196 g/mol. The molecule has 3 heteroatoms. The van der Waals surface area contributed by atoms with E-state index in [0.29, 0.717) is 11.3 Å². The van der Waals surface area contributed by atoms with Crippen LogP contribution in [0, 0.1) is 13.8 Å². The van der Waals surface area contributed by atoms with Crippen LogP contribution in [0.4, 0.5) is 0 Å². The minimum Gasteiger partial charge on any atom is -0.507 e. The molecular weight excluding hydrogens is 180 g/mol. The van der Waals surface area contributed by atoms with Crippen molar-refractivity contribution in [3.8, 4) is 5.75 Å². The standard InChI is InChI=1S/C11H16O3/c1-6-8(12)7(2)10(13)14-9(6)11(3,4)5/h12H,1-5H3. The van der Waals surface area contributed by atoms with Crippen molar-refractivity contribution in [3.05, 3.63) is 27.3 Å². The van der Waals surface area contributed by atoms with Gasteiger partial charge in [0.05, 0.1) is 5.56 Å². The second-order valence-electron chi connectivity index (χ2n) is 4.57. The Kier molecular flexibility index (Phi) is 2.44. The molecule has 0 radical (unpaired) electrons. The molecule has 14 heavy (non-hydrogen) atoms. The van der Waals surface area contributed by atoms with Gasteiger partial charge >= 0.3 is 5.63 Å². The molecule has 1 N–H and O–H groups in total. The van der Waals surface area contributed by atoms with Crippen LogP contribution in [0.25, 0.3) is 0 Å². The monoisotopic (exact) mass is 196 g/mol. The van der Waals surface area contributed by atoms with Gasteiger partial charge in [0.1, 0.15) is 11.5 Å². The molecular formula is C11H16O3. The highest BCUT2D eigenvalue weighted by molar-refractivity contribution is 5.40. The number of hydrogen-bond donors (Lipinski definition) is 1. The van der Waals surface area contributed by atoms with Crippen molar-refractivity contribution in [1.29, 1.82) is 0 Å². The van der Waals surface area contributed by atoms with Crippen LogP contribution in [-0.2, 0) is 5.41 Å². The molecule has 0 fully saturated rings. The first kappa shape index (κ1) is 10.8. The Hall–Kier alpha value is -1.25. The smallest absolute Gasteiger partial charge is 0.342 e. The third-order valence-electron chi connectivity index (χ3n) is 2.23. The zero-order valence-electron chi connectivity index (χ0n) is 9.26. The molecule has 0 aromatic carbocycles. The highest BCUT2D eigenvalue weighted by Crippen LogP contribution is 2.30. The van der Waals surface area contributed by atoms with E-state index >= 15 is 0 Å². The van der Waals surface area contributed by atoms with Crippen LogP contribution in [0.15, 0.2) is 9.21 Å². The van der Waals surface area contributed by atoms with Gasteiger partial charge in [0.25, 0.3) is 0 Å². The minimum absolute atomic E-state index is 0.0474. The first-order chi connectivity index (χ1) is 6.25. The summed E-state index contributed by atoms with van der Waals surface area (Å²) in [6.45, 7) is 9.12. The Labute approximate surface area is 83.4 Å². The fraction of sp³-hybridized carbons (Fsp3) is 0.545. The zero-order chi connectivity index (χ0) is 11.1. The van der Waals surface area contributed by atoms with Crippen LogP contribution in [0.5, 0.6) is 5.75 Å². The van der Waals surface area contributed by atoms with Gasteiger partial charge in [-0.25, -0.2) is 4.79 Å². The molecule has 0 saturated carbocycles. The van der Waals surface area contributed by atoms with Crippen molar-refractivity contribution in [3.63, 3.8) is 0 Å². The molecule has 0 aliphatic heterocycles. The number of hydrogen-bond acceptors (Lipinski definition) is 3. The lowest BCUT2D eigenvalue weighted by Gasteiger charge is -2.19. The van der Waals surface area contributed by atoms with Crippen molar-refractivity contribution in [2.24, 2.45) is 0 Å². The van der Waals surface area contributed by atoms with E-state index in [4.69, 9.17) is 4.42 Å². The Bertz CT molecular complexity index is 408. The largest absolute Gasteiger partial charge is 0.507 e. The van der Waals surface area contributed by atoms with E-state index in [1.54, 1.807) is 13.8 Å². The fourth-order valence-corrected chi connectivity index (χ4v) is 1.45. The summed E-state index contributed by atoms with van der Waals surface area (Å²) in [5, 5.41) is 9.67. The van der Waals surface area contributed by atoms with E-state index in [1.165, 1.54) is 0 Å². The molecule has 78 valence electrons. The summed E-state index contributed by atoms with van der Waals surface area (Å²) in [5.74, 6) is 0.594. The lowest BCUT2D eigenvalue weighted by molar-refractivity contribution is 0.354. The van der Waals surface area contributed by atoms with Crippen LogP contribution in [0.2, 0.25) is 0 Å². The summed E-state index contributed by atoms with van der Waals surface area (Å²) in [5.41, 5.74) is 0.192. The van der Waals surface area contributed by atoms with E-state index in [9.17, 15) is 9.90 Å². The van der Waals surface area contributed by atoms with Crippen LogP contribution >= 0.6 is 0 Å². The molecule has 0 aliphatic rings. The lowest BCUT2D eigenvalue weighted by Crippen LogP contribution is -2.18.